The predicted octanol–water partition coefficient (Wildman–Crippen LogP) is 2.40. The molecule has 2 atom stereocenters. The van der Waals surface area contributed by atoms with E-state index in [1.165, 1.54) is 43.5 Å². The molecule has 1 aromatic carbocycles. The zero-order valence-electron chi connectivity index (χ0n) is 12.3. The van der Waals surface area contributed by atoms with E-state index in [0.29, 0.717) is 6.04 Å². The average Bonchev–Trinajstić information content (AvgIpc) is 3.24. The van der Waals surface area contributed by atoms with E-state index in [2.05, 4.69) is 44.7 Å². The molecule has 2 unspecified atom stereocenters. The second-order valence-electron chi connectivity index (χ2n) is 6.19. The van der Waals surface area contributed by atoms with Gasteiger partial charge in [0.1, 0.15) is 0 Å². The quantitative estimate of drug-likeness (QED) is 0.905. The van der Waals surface area contributed by atoms with Gasteiger partial charge in [-0.3, -0.25) is 10.00 Å². The molecule has 21 heavy (non-hydrogen) atoms. The molecule has 2 aromatic rings. The minimum Gasteiger partial charge on any atom is -0.308 e. The van der Waals surface area contributed by atoms with Crippen molar-refractivity contribution < 1.29 is 0 Å². The fourth-order valence-electron chi connectivity index (χ4n) is 3.79. The van der Waals surface area contributed by atoms with Crippen LogP contribution in [-0.4, -0.2) is 40.3 Å². The maximum absolute atomic E-state index is 4.00. The van der Waals surface area contributed by atoms with Crippen molar-refractivity contribution in [2.24, 2.45) is 0 Å². The van der Waals surface area contributed by atoms with Gasteiger partial charge in [-0.1, -0.05) is 24.3 Å². The molecule has 2 N–H and O–H groups in total. The molecule has 0 aliphatic carbocycles. The Morgan fingerprint density at radius 2 is 2.05 bits per heavy atom. The normalized spacial score (nSPS) is 25.3. The number of H-pyrrole nitrogens is 1. The lowest BCUT2D eigenvalue weighted by Gasteiger charge is -2.21. The first-order chi connectivity index (χ1) is 10.4. The van der Waals surface area contributed by atoms with Gasteiger partial charge in [0.15, 0.2) is 0 Å². The minimum atomic E-state index is 0.680. The van der Waals surface area contributed by atoms with E-state index >= 15 is 0 Å². The highest BCUT2D eigenvalue weighted by Gasteiger charge is 2.36. The summed E-state index contributed by atoms with van der Waals surface area (Å²) < 4.78 is 0. The van der Waals surface area contributed by atoms with Gasteiger partial charge in [-0.2, -0.15) is 5.10 Å². The van der Waals surface area contributed by atoms with Crippen LogP contribution in [0.4, 0.5) is 0 Å². The second kappa shape index (κ2) is 5.62. The first-order valence-electron chi connectivity index (χ1n) is 7.96. The summed E-state index contributed by atoms with van der Waals surface area (Å²) in [6.07, 6.45) is 5.84. The van der Waals surface area contributed by atoms with Gasteiger partial charge in [0, 0.05) is 31.4 Å². The second-order valence-corrected chi connectivity index (χ2v) is 6.19. The summed E-state index contributed by atoms with van der Waals surface area (Å²) in [7, 11) is 0. The summed E-state index contributed by atoms with van der Waals surface area (Å²) in [4.78, 5) is 2.65. The summed E-state index contributed by atoms with van der Waals surface area (Å²) in [5, 5.41) is 10.8. The Kier molecular flexibility index (Phi) is 3.49. The van der Waals surface area contributed by atoms with Crippen LogP contribution in [0.1, 0.15) is 24.8 Å². The Labute approximate surface area is 125 Å². The molecule has 0 amide bonds. The van der Waals surface area contributed by atoms with Crippen LogP contribution in [0.2, 0.25) is 0 Å². The Bertz CT molecular complexity index is 575. The Balaban J connectivity index is 1.37. The number of rotatable bonds is 4. The first-order valence-corrected chi connectivity index (χ1v) is 7.96. The van der Waals surface area contributed by atoms with Gasteiger partial charge < -0.3 is 5.32 Å². The number of aromatic nitrogens is 2. The molecule has 2 aliphatic rings. The highest BCUT2D eigenvalue weighted by atomic mass is 15.2. The molecule has 2 saturated heterocycles. The lowest BCUT2D eigenvalue weighted by Crippen LogP contribution is -2.38. The SMILES string of the molecule is c1cc(-c2ccc(CNC3CCN4CCCC34)cc2)[nH]n1. The first kappa shape index (κ1) is 13.0. The Hall–Kier alpha value is -1.65. The van der Waals surface area contributed by atoms with Crippen molar-refractivity contribution >= 4 is 0 Å². The molecule has 0 spiro atoms. The smallest absolute Gasteiger partial charge is 0.0650 e. The van der Waals surface area contributed by atoms with Gasteiger partial charge in [0.2, 0.25) is 0 Å². The van der Waals surface area contributed by atoms with Crippen molar-refractivity contribution in [3.8, 4) is 11.3 Å². The molecular weight excluding hydrogens is 260 g/mol. The van der Waals surface area contributed by atoms with E-state index in [9.17, 15) is 0 Å². The molecule has 4 rings (SSSR count). The number of fused-ring (bicyclic) bond motifs is 1. The van der Waals surface area contributed by atoms with Crippen LogP contribution in [0.5, 0.6) is 0 Å². The molecule has 2 fully saturated rings. The number of nitrogens with one attached hydrogen (secondary N) is 2. The highest BCUT2D eigenvalue weighted by molar-refractivity contribution is 5.58. The van der Waals surface area contributed by atoms with Gasteiger partial charge in [-0.05, 0) is 43.0 Å². The molecule has 110 valence electrons. The average molecular weight is 282 g/mol. The van der Waals surface area contributed by atoms with Crippen LogP contribution >= 0.6 is 0 Å². The lowest BCUT2D eigenvalue weighted by atomic mass is 10.1. The van der Waals surface area contributed by atoms with Gasteiger partial charge in [-0.25, -0.2) is 0 Å². The zero-order chi connectivity index (χ0) is 14.1. The van der Waals surface area contributed by atoms with Crippen LogP contribution in [-0.2, 0) is 6.54 Å². The monoisotopic (exact) mass is 282 g/mol. The van der Waals surface area contributed by atoms with Crippen LogP contribution in [0, 0.1) is 0 Å². The van der Waals surface area contributed by atoms with E-state index in [-0.39, 0.29) is 0 Å². The van der Waals surface area contributed by atoms with Crippen molar-refractivity contribution in [1.29, 1.82) is 0 Å². The fraction of sp³-hybridized carbons (Fsp3) is 0.471. The van der Waals surface area contributed by atoms with Crippen molar-refractivity contribution in [2.45, 2.75) is 37.9 Å². The third-order valence-electron chi connectivity index (χ3n) is 4.94. The largest absolute Gasteiger partial charge is 0.308 e. The molecule has 4 nitrogen and oxygen atoms in total. The standard InChI is InChI=1S/C17H22N4/c1-2-17-16(8-11-21(17)10-1)18-12-13-3-5-14(6-4-13)15-7-9-19-20-15/h3-7,9,16-18H,1-2,8,10-12H2,(H,19,20). The third kappa shape index (κ3) is 2.61. The summed E-state index contributed by atoms with van der Waals surface area (Å²) in [5.74, 6) is 0. The van der Waals surface area contributed by atoms with Gasteiger partial charge in [0.05, 0.1) is 5.69 Å². The van der Waals surface area contributed by atoms with Gasteiger partial charge in [0.25, 0.3) is 0 Å². The summed E-state index contributed by atoms with van der Waals surface area (Å²) in [6.45, 7) is 3.56. The summed E-state index contributed by atoms with van der Waals surface area (Å²) in [5.41, 5.74) is 3.63. The van der Waals surface area contributed by atoms with E-state index in [1.54, 1.807) is 6.20 Å². The number of aromatic amines is 1. The maximum Gasteiger partial charge on any atom is 0.0650 e. The molecule has 0 radical (unpaired) electrons. The molecule has 0 saturated carbocycles. The number of nitrogens with zero attached hydrogens (tertiary/aromatic N) is 2. The van der Waals surface area contributed by atoms with E-state index < -0.39 is 0 Å². The van der Waals surface area contributed by atoms with Gasteiger partial charge >= 0.3 is 0 Å². The van der Waals surface area contributed by atoms with Crippen molar-refractivity contribution in [3.63, 3.8) is 0 Å². The van der Waals surface area contributed by atoms with Crippen LogP contribution in [0.25, 0.3) is 11.3 Å². The number of hydrogen-bond donors (Lipinski definition) is 2. The molecule has 3 heterocycles. The van der Waals surface area contributed by atoms with Crippen LogP contribution in [0.15, 0.2) is 36.5 Å². The van der Waals surface area contributed by atoms with E-state index in [0.717, 1.165) is 18.3 Å². The topological polar surface area (TPSA) is 44.0 Å². The number of hydrogen-bond acceptors (Lipinski definition) is 3. The van der Waals surface area contributed by atoms with Crippen LogP contribution in [0.3, 0.4) is 0 Å². The number of benzene rings is 1. The molecule has 0 bridgehead atoms. The zero-order valence-corrected chi connectivity index (χ0v) is 12.3. The third-order valence-corrected chi connectivity index (χ3v) is 4.94. The maximum atomic E-state index is 4.00. The highest BCUT2D eigenvalue weighted by Crippen LogP contribution is 2.28. The van der Waals surface area contributed by atoms with E-state index in [1.807, 2.05) is 6.07 Å². The van der Waals surface area contributed by atoms with Gasteiger partial charge in [-0.15, -0.1) is 0 Å². The molecule has 4 heteroatoms. The summed E-state index contributed by atoms with van der Waals surface area (Å²) in [6, 6.07) is 12.2. The molecular formula is C17H22N4. The fourth-order valence-corrected chi connectivity index (χ4v) is 3.79. The van der Waals surface area contributed by atoms with E-state index in [4.69, 9.17) is 0 Å². The molecule has 2 aliphatic heterocycles. The molecule has 1 aromatic heterocycles. The van der Waals surface area contributed by atoms with Crippen molar-refractivity contribution in [3.05, 3.63) is 42.1 Å². The van der Waals surface area contributed by atoms with Crippen molar-refractivity contribution in [2.75, 3.05) is 13.1 Å². The predicted molar refractivity (Wildman–Crippen MR) is 83.9 cm³/mol. The Morgan fingerprint density at radius 1 is 1.14 bits per heavy atom. The van der Waals surface area contributed by atoms with Crippen LogP contribution < -0.4 is 5.32 Å². The minimum absolute atomic E-state index is 0.680. The lowest BCUT2D eigenvalue weighted by molar-refractivity contribution is 0.298. The Morgan fingerprint density at radius 3 is 2.86 bits per heavy atom. The summed E-state index contributed by atoms with van der Waals surface area (Å²) >= 11 is 0. The van der Waals surface area contributed by atoms with Crippen molar-refractivity contribution in [1.82, 2.24) is 20.4 Å².